The van der Waals surface area contributed by atoms with Gasteiger partial charge < -0.3 is 15.0 Å². The van der Waals surface area contributed by atoms with E-state index >= 15 is 0 Å². The van der Waals surface area contributed by atoms with Gasteiger partial charge in [-0.3, -0.25) is 5.32 Å². The van der Waals surface area contributed by atoms with Crippen LogP contribution in [-0.4, -0.2) is 38.9 Å². The van der Waals surface area contributed by atoms with E-state index in [2.05, 4.69) is 43.5 Å². The maximum atomic E-state index is 13.2. The van der Waals surface area contributed by atoms with Crippen LogP contribution >= 0.6 is 0 Å². The van der Waals surface area contributed by atoms with E-state index < -0.39 is 0 Å². The number of nitrogens with one attached hydrogen (secondary N) is 2. The van der Waals surface area contributed by atoms with E-state index in [0.717, 1.165) is 60.3 Å². The average Bonchev–Trinajstić information content (AvgIpc) is 3.55. The highest BCUT2D eigenvalue weighted by molar-refractivity contribution is 5.99. The van der Waals surface area contributed by atoms with E-state index in [1.807, 2.05) is 84.6 Å². The van der Waals surface area contributed by atoms with Gasteiger partial charge in [0.05, 0.1) is 11.4 Å². The Labute approximate surface area is 265 Å². The number of hydrogen-bond donors (Lipinski definition) is 2. The summed E-state index contributed by atoms with van der Waals surface area (Å²) in [5.74, 6) is 1.09. The van der Waals surface area contributed by atoms with E-state index in [-0.39, 0.29) is 29.6 Å². The number of piperidine rings is 1. The lowest BCUT2D eigenvalue weighted by atomic mass is 9.86. The van der Waals surface area contributed by atoms with Gasteiger partial charge in [0.2, 0.25) is 0 Å². The van der Waals surface area contributed by atoms with E-state index in [0.29, 0.717) is 18.3 Å². The summed E-state index contributed by atoms with van der Waals surface area (Å²) in [6.45, 7) is 8.68. The summed E-state index contributed by atoms with van der Waals surface area (Å²) in [5, 5.41) is 10.9. The lowest BCUT2D eigenvalue weighted by Crippen LogP contribution is -2.47. The SMILES string of the molecule is Cc1ccc(-n2nc(C(C)(C)C)cc2NC(=O)Nc2cccc(CC3CC4CCC(C3)N4C(=O)OCc3ccccc3)c2)cc1. The smallest absolute Gasteiger partial charge is 0.410 e. The van der Waals surface area contributed by atoms with Gasteiger partial charge in [-0.05, 0) is 80.3 Å². The number of benzene rings is 3. The number of anilines is 2. The van der Waals surface area contributed by atoms with Crippen molar-refractivity contribution < 1.29 is 14.3 Å². The molecule has 2 aliphatic rings. The molecule has 2 atom stereocenters. The Hall–Kier alpha value is -4.59. The predicted molar refractivity (Wildman–Crippen MR) is 178 cm³/mol. The highest BCUT2D eigenvalue weighted by Gasteiger charge is 2.44. The summed E-state index contributed by atoms with van der Waals surface area (Å²) < 4.78 is 7.47. The van der Waals surface area contributed by atoms with Gasteiger partial charge in [-0.25, -0.2) is 14.3 Å². The third-order valence-corrected chi connectivity index (χ3v) is 8.95. The molecule has 0 radical (unpaired) electrons. The summed E-state index contributed by atoms with van der Waals surface area (Å²) in [7, 11) is 0. The van der Waals surface area contributed by atoms with E-state index in [1.165, 1.54) is 5.56 Å². The molecule has 2 bridgehead atoms. The molecule has 234 valence electrons. The van der Waals surface area contributed by atoms with Crippen molar-refractivity contribution in [3.63, 3.8) is 0 Å². The maximum Gasteiger partial charge on any atom is 0.410 e. The molecular weight excluding hydrogens is 562 g/mol. The molecule has 3 heterocycles. The quantitative estimate of drug-likeness (QED) is 0.222. The fraction of sp³-hybridized carbons (Fsp3) is 0.378. The minimum Gasteiger partial charge on any atom is -0.445 e. The summed E-state index contributed by atoms with van der Waals surface area (Å²) in [6, 6.07) is 28.1. The first-order chi connectivity index (χ1) is 21.6. The minimum atomic E-state index is -0.318. The first-order valence-electron chi connectivity index (χ1n) is 16.0. The van der Waals surface area contributed by atoms with Crippen LogP contribution in [0.2, 0.25) is 0 Å². The Morgan fingerprint density at radius 3 is 2.24 bits per heavy atom. The summed E-state index contributed by atoms with van der Waals surface area (Å²) in [4.78, 5) is 28.2. The molecule has 3 amide bonds. The first kappa shape index (κ1) is 30.4. The van der Waals surface area contributed by atoms with Crippen molar-refractivity contribution in [3.8, 4) is 5.69 Å². The molecule has 45 heavy (non-hydrogen) atoms. The van der Waals surface area contributed by atoms with Gasteiger partial charge in [0, 0.05) is 29.3 Å². The molecule has 3 aromatic carbocycles. The zero-order valence-electron chi connectivity index (χ0n) is 26.6. The van der Waals surface area contributed by atoms with E-state index in [4.69, 9.17) is 9.84 Å². The van der Waals surface area contributed by atoms with Crippen molar-refractivity contribution in [2.75, 3.05) is 10.6 Å². The summed E-state index contributed by atoms with van der Waals surface area (Å²) in [5.41, 5.74) is 5.69. The van der Waals surface area contributed by atoms with Gasteiger partial charge in [0.15, 0.2) is 0 Å². The Kier molecular flexibility index (Phi) is 8.65. The van der Waals surface area contributed by atoms with Crippen LogP contribution in [-0.2, 0) is 23.2 Å². The summed E-state index contributed by atoms with van der Waals surface area (Å²) >= 11 is 0. The van der Waals surface area contributed by atoms with Crippen LogP contribution in [0.25, 0.3) is 5.69 Å². The number of rotatable bonds is 7. The van der Waals surface area contributed by atoms with Crippen molar-refractivity contribution >= 4 is 23.6 Å². The summed E-state index contributed by atoms with van der Waals surface area (Å²) in [6.07, 6.45) is 4.70. The highest BCUT2D eigenvalue weighted by Crippen LogP contribution is 2.40. The average molecular weight is 606 g/mol. The van der Waals surface area contributed by atoms with Crippen LogP contribution in [0.5, 0.6) is 0 Å². The second kappa shape index (κ2) is 12.8. The van der Waals surface area contributed by atoms with Gasteiger partial charge >= 0.3 is 12.1 Å². The molecule has 8 nitrogen and oxygen atoms in total. The number of ether oxygens (including phenoxy) is 1. The van der Waals surface area contributed by atoms with Crippen molar-refractivity contribution in [1.82, 2.24) is 14.7 Å². The zero-order valence-corrected chi connectivity index (χ0v) is 26.6. The third kappa shape index (κ3) is 7.22. The largest absolute Gasteiger partial charge is 0.445 e. The van der Waals surface area contributed by atoms with Crippen molar-refractivity contribution in [3.05, 3.63) is 107 Å². The topological polar surface area (TPSA) is 88.5 Å². The number of aromatic nitrogens is 2. The molecule has 0 spiro atoms. The molecule has 0 aliphatic carbocycles. The lowest BCUT2D eigenvalue weighted by molar-refractivity contribution is 0.0531. The number of fused-ring (bicyclic) bond motifs is 2. The Bertz CT molecular complexity index is 1630. The fourth-order valence-corrected chi connectivity index (χ4v) is 6.66. The van der Waals surface area contributed by atoms with Gasteiger partial charge in [0.25, 0.3) is 0 Å². The number of aryl methyl sites for hydroxylation is 1. The van der Waals surface area contributed by atoms with Crippen molar-refractivity contribution in [1.29, 1.82) is 0 Å². The minimum absolute atomic E-state index is 0.171. The van der Waals surface area contributed by atoms with Crippen LogP contribution in [0.15, 0.2) is 84.9 Å². The first-order valence-corrected chi connectivity index (χ1v) is 16.0. The van der Waals surface area contributed by atoms with Crippen LogP contribution in [0.4, 0.5) is 21.1 Å². The van der Waals surface area contributed by atoms with Gasteiger partial charge in [-0.1, -0.05) is 80.9 Å². The fourth-order valence-electron chi connectivity index (χ4n) is 6.66. The molecule has 6 rings (SSSR count). The zero-order chi connectivity index (χ0) is 31.6. The second-order valence-corrected chi connectivity index (χ2v) is 13.6. The van der Waals surface area contributed by atoms with Crippen LogP contribution in [0.3, 0.4) is 0 Å². The van der Waals surface area contributed by atoms with Crippen molar-refractivity contribution in [2.45, 2.75) is 83.9 Å². The van der Waals surface area contributed by atoms with E-state index in [9.17, 15) is 9.59 Å². The Morgan fingerprint density at radius 1 is 0.867 bits per heavy atom. The molecule has 1 aromatic heterocycles. The van der Waals surface area contributed by atoms with Crippen molar-refractivity contribution in [2.24, 2.45) is 5.92 Å². The number of carbonyl (C=O) groups is 2. The maximum absolute atomic E-state index is 13.2. The van der Waals surface area contributed by atoms with Gasteiger partial charge in [0.1, 0.15) is 12.4 Å². The Morgan fingerprint density at radius 2 is 1.56 bits per heavy atom. The van der Waals surface area contributed by atoms with Crippen LogP contribution in [0.1, 0.15) is 68.8 Å². The molecule has 4 aromatic rings. The predicted octanol–water partition coefficient (Wildman–Crippen LogP) is 8.24. The van der Waals surface area contributed by atoms with Crippen LogP contribution in [0, 0.1) is 12.8 Å². The normalized spacial score (nSPS) is 19.3. The second-order valence-electron chi connectivity index (χ2n) is 13.6. The third-order valence-electron chi connectivity index (χ3n) is 8.95. The standard InChI is InChI=1S/C37H43N5O3/c1-25-13-15-30(16-14-25)42-34(23-33(40-42)37(2,3)4)39-35(43)38-29-12-8-11-27(20-29)19-28-21-31-17-18-32(22-28)41(31)36(44)45-24-26-9-6-5-7-10-26/h5-16,20,23,28,31-32H,17-19,21-22,24H2,1-4H3,(H2,38,39,43). The molecule has 2 N–H and O–H groups in total. The Balaban J connectivity index is 1.07. The number of nitrogens with zero attached hydrogens (tertiary/aromatic N) is 3. The monoisotopic (exact) mass is 605 g/mol. The lowest BCUT2D eigenvalue weighted by Gasteiger charge is -2.38. The van der Waals surface area contributed by atoms with Crippen LogP contribution < -0.4 is 10.6 Å². The molecule has 8 heteroatoms. The van der Waals surface area contributed by atoms with Gasteiger partial charge in [-0.15, -0.1) is 0 Å². The number of hydrogen-bond acceptors (Lipinski definition) is 4. The van der Waals surface area contributed by atoms with Gasteiger partial charge in [-0.2, -0.15) is 5.10 Å². The molecule has 2 fully saturated rings. The molecule has 2 aliphatic heterocycles. The highest BCUT2D eigenvalue weighted by atomic mass is 16.6. The van der Waals surface area contributed by atoms with E-state index in [1.54, 1.807) is 4.68 Å². The molecule has 0 saturated carbocycles. The number of amides is 3. The molecular formula is C37H43N5O3. The number of carbonyl (C=O) groups excluding carboxylic acids is 2. The molecule has 2 unspecified atom stereocenters. The number of urea groups is 1. The molecule has 2 saturated heterocycles.